The molecule has 0 aliphatic carbocycles. The van der Waals surface area contributed by atoms with Crippen molar-refractivity contribution in [3.63, 3.8) is 0 Å². The standard InChI is InChI=1S/C11H19N/c1-10(2)9-11-5-3-7-12(11)8-4-6-11/h1,3-9H2,2H3. The largest absolute Gasteiger partial charge is 0.297 e. The van der Waals surface area contributed by atoms with Gasteiger partial charge in [-0.1, -0.05) is 5.57 Å². The van der Waals surface area contributed by atoms with E-state index in [1.807, 2.05) is 0 Å². The zero-order valence-electron chi connectivity index (χ0n) is 8.10. The summed E-state index contributed by atoms with van der Waals surface area (Å²) >= 11 is 0. The highest BCUT2D eigenvalue weighted by Gasteiger charge is 2.43. The second-order valence-corrected chi connectivity index (χ2v) is 4.55. The number of nitrogens with zero attached hydrogens (tertiary/aromatic N) is 1. The predicted molar refractivity (Wildman–Crippen MR) is 52.2 cm³/mol. The van der Waals surface area contributed by atoms with Crippen molar-refractivity contribution in [2.75, 3.05) is 13.1 Å². The van der Waals surface area contributed by atoms with E-state index in [1.54, 1.807) is 0 Å². The van der Waals surface area contributed by atoms with Crippen molar-refractivity contribution in [1.29, 1.82) is 0 Å². The molecule has 1 heteroatoms. The van der Waals surface area contributed by atoms with Gasteiger partial charge >= 0.3 is 0 Å². The molecule has 0 spiro atoms. The highest BCUT2D eigenvalue weighted by atomic mass is 15.2. The van der Waals surface area contributed by atoms with Crippen LogP contribution in [0.25, 0.3) is 0 Å². The molecule has 68 valence electrons. The molecule has 0 bridgehead atoms. The summed E-state index contributed by atoms with van der Waals surface area (Å²) in [4.78, 5) is 2.70. The molecule has 0 saturated carbocycles. The number of hydrogen-bond donors (Lipinski definition) is 0. The van der Waals surface area contributed by atoms with Gasteiger partial charge in [-0.15, -0.1) is 6.58 Å². The third kappa shape index (κ3) is 1.20. The lowest BCUT2D eigenvalue weighted by atomic mass is 9.88. The fourth-order valence-electron chi connectivity index (χ4n) is 3.08. The van der Waals surface area contributed by atoms with Crippen molar-refractivity contribution in [3.8, 4) is 0 Å². The van der Waals surface area contributed by atoms with Gasteiger partial charge in [0.25, 0.3) is 0 Å². The van der Waals surface area contributed by atoms with E-state index >= 15 is 0 Å². The lowest BCUT2D eigenvalue weighted by molar-refractivity contribution is 0.195. The molecule has 0 N–H and O–H groups in total. The Bertz CT molecular complexity index is 185. The summed E-state index contributed by atoms with van der Waals surface area (Å²) in [6.45, 7) is 8.90. The molecule has 2 aliphatic heterocycles. The quantitative estimate of drug-likeness (QED) is 0.568. The van der Waals surface area contributed by atoms with E-state index in [9.17, 15) is 0 Å². The molecule has 0 atom stereocenters. The van der Waals surface area contributed by atoms with E-state index in [0.29, 0.717) is 5.54 Å². The van der Waals surface area contributed by atoms with Gasteiger partial charge in [0, 0.05) is 5.54 Å². The normalized spacial score (nSPS) is 27.4. The molecule has 0 amide bonds. The van der Waals surface area contributed by atoms with Crippen LogP contribution in [0.1, 0.15) is 39.0 Å². The molecule has 12 heavy (non-hydrogen) atoms. The van der Waals surface area contributed by atoms with Crippen molar-refractivity contribution < 1.29 is 0 Å². The van der Waals surface area contributed by atoms with Crippen LogP contribution in [-0.4, -0.2) is 23.5 Å². The first-order valence-corrected chi connectivity index (χ1v) is 5.12. The van der Waals surface area contributed by atoms with Gasteiger partial charge in [-0.3, -0.25) is 4.90 Å². The molecule has 2 rings (SSSR count). The van der Waals surface area contributed by atoms with Gasteiger partial charge in [0.05, 0.1) is 0 Å². The SMILES string of the molecule is C=C(C)CC12CCCN1CCC2. The highest BCUT2D eigenvalue weighted by Crippen LogP contribution is 2.42. The third-order valence-electron chi connectivity index (χ3n) is 3.44. The van der Waals surface area contributed by atoms with Gasteiger partial charge < -0.3 is 0 Å². The van der Waals surface area contributed by atoms with E-state index in [-0.39, 0.29) is 0 Å². The Labute approximate surface area is 75.4 Å². The van der Waals surface area contributed by atoms with Crippen LogP contribution in [-0.2, 0) is 0 Å². The van der Waals surface area contributed by atoms with Crippen LogP contribution in [0.2, 0.25) is 0 Å². The zero-order valence-corrected chi connectivity index (χ0v) is 8.10. The topological polar surface area (TPSA) is 3.24 Å². The number of hydrogen-bond acceptors (Lipinski definition) is 1. The van der Waals surface area contributed by atoms with Crippen molar-refractivity contribution in [1.82, 2.24) is 4.90 Å². The van der Waals surface area contributed by atoms with Gasteiger partial charge in [-0.05, 0) is 52.1 Å². The van der Waals surface area contributed by atoms with E-state index in [1.165, 1.54) is 50.8 Å². The van der Waals surface area contributed by atoms with Gasteiger partial charge in [0.1, 0.15) is 0 Å². The molecule has 0 aromatic carbocycles. The Morgan fingerprint density at radius 1 is 1.33 bits per heavy atom. The van der Waals surface area contributed by atoms with Gasteiger partial charge in [-0.25, -0.2) is 0 Å². The van der Waals surface area contributed by atoms with Crippen LogP contribution in [0.3, 0.4) is 0 Å². The fourth-order valence-corrected chi connectivity index (χ4v) is 3.08. The number of fused-ring (bicyclic) bond motifs is 1. The average Bonchev–Trinajstić information content (AvgIpc) is 2.42. The minimum absolute atomic E-state index is 0.561. The average molecular weight is 165 g/mol. The third-order valence-corrected chi connectivity index (χ3v) is 3.44. The molecule has 2 fully saturated rings. The van der Waals surface area contributed by atoms with Crippen LogP contribution < -0.4 is 0 Å². The molecule has 0 aromatic heterocycles. The Kier molecular flexibility index (Phi) is 1.99. The molecule has 0 unspecified atom stereocenters. The Hall–Kier alpha value is -0.300. The lowest BCUT2D eigenvalue weighted by Crippen LogP contribution is -2.38. The maximum absolute atomic E-state index is 4.05. The summed E-state index contributed by atoms with van der Waals surface area (Å²) < 4.78 is 0. The van der Waals surface area contributed by atoms with Gasteiger partial charge in [-0.2, -0.15) is 0 Å². The van der Waals surface area contributed by atoms with Crippen LogP contribution in [0.4, 0.5) is 0 Å². The van der Waals surface area contributed by atoms with Gasteiger partial charge in [0.2, 0.25) is 0 Å². The fraction of sp³-hybridized carbons (Fsp3) is 0.818. The van der Waals surface area contributed by atoms with Crippen LogP contribution in [0, 0.1) is 0 Å². The maximum atomic E-state index is 4.05. The first-order valence-electron chi connectivity index (χ1n) is 5.12. The number of rotatable bonds is 2. The van der Waals surface area contributed by atoms with Crippen LogP contribution >= 0.6 is 0 Å². The highest BCUT2D eigenvalue weighted by molar-refractivity contribution is 5.08. The molecule has 1 nitrogen and oxygen atoms in total. The molecular formula is C11H19N. The van der Waals surface area contributed by atoms with Crippen molar-refractivity contribution in [2.24, 2.45) is 0 Å². The summed E-state index contributed by atoms with van der Waals surface area (Å²) in [5.74, 6) is 0. The zero-order chi connectivity index (χ0) is 8.60. The summed E-state index contributed by atoms with van der Waals surface area (Å²) in [6.07, 6.45) is 6.90. The van der Waals surface area contributed by atoms with Crippen LogP contribution in [0.15, 0.2) is 12.2 Å². The molecule has 2 aliphatic rings. The summed E-state index contributed by atoms with van der Waals surface area (Å²) in [5, 5.41) is 0. The predicted octanol–water partition coefficient (Wildman–Crippen LogP) is 2.58. The smallest absolute Gasteiger partial charge is 0.0247 e. The molecule has 0 radical (unpaired) electrons. The Balaban J connectivity index is 2.11. The van der Waals surface area contributed by atoms with E-state index in [0.717, 1.165) is 0 Å². The maximum Gasteiger partial charge on any atom is 0.0247 e. The Morgan fingerprint density at radius 2 is 1.92 bits per heavy atom. The minimum atomic E-state index is 0.561. The minimum Gasteiger partial charge on any atom is -0.297 e. The Morgan fingerprint density at radius 3 is 2.42 bits per heavy atom. The van der Waals surface area contributed by atoms with E-state index < -0.39 is 0 Å². The van der Waals surface area contributed by atoms with Gasteiger partial charge in [0.15, 0.2) is 0 Å². The first kappa shape index (κ1) is 8.31. The van der Waals surface area contributed by atoms with Crippen molar-refractivity contribution in [3.05, 3.63) is 12.2 Å². The summed E-state index contributed by atoms with van der Waals surface area (Å²) in [7, 11) is 0. The lowest BCUT2D eigenvalue weighted by Gasteiger charge is -2.32. The summed E-state index contributed by atoms with van der Waals surface area (Å²) in [6, 6.07) is 0. The first-order chi connectivity index (χ1) is 5.73. The molecule has 0 aromatic rings. The molecule has 2 saturated heterocycles. The second-order valence-electron chi connectivity index (χ2n) is 4.55. The van der Waals surface area contributed by atoms with E-state index in [4.69, 9.17) is 0 Å². The van der Waals surface area contributed by atoms with Crippen molar-refractivity contribution >= 4 is 0 Å². The molecular weight excluding hydrogens is 146 g/mol. The van der Waals surface area contributed by atoms with E-state index in [2.05, 4.69) is 18.4 Å². The monoisotopic (exact) mass is 165 g/mol. The molecule has 2 heterocycles. The summed E-state index contributed by atoms with van der Waals surface area (Å²) in [5.41, 5.74) is 1.93. The van der Waals surface area contributed by atoms with Crippen LogP contribution in [0.5, 0.6) is 0 Å². The second kappa shape index (κ2) is 2.88. The van der Waals surface area contributed by atoms with Crippen molar-refractivity contribution in [2.45, 2.75) is 44.6 Å².